The second-order valence-electron chi connectivity index (χ2n) is 4.21. The monoisotopic (exact) mass is 224 g/mol. The minimum atomic E-state index is 0.395. The van der Waals surface area contributed by atoms with Crippen LogP contribution in [0.15, 0.2) is 12.4 Å². The van der Waals surface area contributed by atoms with Gasteiger partial charge in [0.2, 0.25) is 0 Å². The molecule has 0 saturated carbocycles. The molecule has 5 nitrogen and oxygen atoms in total. The normalized spacial score (nSPS) is 18.4. The van der Waals surface area contributed by atoms with Gasteiger partial charge < -0.3 is 14.6 Å². The number of nitrogens with one attached hydrogen (secondary N) is 1. The van der Waals surface area contributed by atoms with Crippen LogP contribution in [-0.2, 0) is 17.8 Å². The van der Waals surface area contributed by atoms with Crippen molar-refractivity contribution in [3.63, 3.8) is 0 Å². The average Bonchev–Trinajstić information content (AvgIpc) is 2.75. The number of methoxy groups -OCH3 is 1. The third kappa shape index (κ3) is 2.61. The van der Waals surface area contributed by atoms with E-state index in [4.69, 9.17) is 4.74 Å². The summed E-state index contributed by atoms with van der Waals surface area (Å²) in [7, 11) is 3.72. The quantitative estimate of drug-likeness (QED) is 0.760. The summed E-state index contributed by atoms with van der Waals surface area (Å²) < 4.78 is 7.40. The number of aromatic nitrogens is 2. The molecule has 90 valence electrons. The lowest BCUT2D eigenvalue weighted by atomic mass is 10.2. The fourth-order valence-electron chi connectivity index (χ4n) is 2.12. The molecule has 1 atom stereocenters. The fourth-order valence-corrected chi connectivity index (χ4v) is 2.12. The van der Waals surface area contributed by atoms with E-state index in [2.05, 4.69) is 26.0 Å². The summed E-state index contributed by atoms with van der Waals surface area (Å²) in [6.07, 6.45) is 3.93. The van der Waals surface area contributed by atoms with Crippen LogP contribution in [0.5, 0.6) is 0 Å². The highest BCUT2D eigenvalue weighted by atomic mass is 16.5. The highest BCUT2D eigenvalue weighted by molar-refractivity contribution is 4.95. The molecule has 1 unspecified atom stereocenters. The number of imidazole rings is 1. The summed E-state index contributed by atoms with van der Waals surface area (Å²) in [6, 6.07) is 0.395. The summed E-state index contributed by atoms with van der Waals surface area (Å²) >= 11 is 0. The average molecular weight is 224 g/mol. The maximum Gasteiger partial charge on any atom is 0.122 e. The molecule has 0 spiro atoms. The number of fused-ring (bicyclic) bond motifs is 1. The maximum absolute atomic E-state index is 5.18. The zero-order valence-corrected chi connectivity index (χ0v) is 10.0. The van der Waals surface area contributed by atoms with E-state index < -0.39 is 0 Å². The number of nitrogens with zero attached hydrogens (tertiary/aromatic N) is 3. The molecule has 0 bridgehead atoms. The smallest absolute Gasteiger partial charge is 0.122 e. The molecule has 0 amide bonds. The highest BCUT2D eigenvalue weighted by Gasteiger charge is 2.19. The van der Waals surface area contributed by atoms with E-state index in [0.717, 1.165) is 32.8 Å². The van der Waals surface area contributed by atoms with Crippen LogP contribution < -0.4 is 5.32 Å². The summed E-state index contributed by atoms with van der Waals surface area (Å²) in [5.41, 5.74) is 0. The molecule has 1 aliphatic rings. The lowest BCUT2D eigenvalue weighted by molar-refractivity contribution is 0.128. The third-order valence-electron chi connectivity index (χ3n) is 3.08. The van der Waals surface area contributed by atoms with Crippen molar-refractivity contribution >= 4 is 0 Å². The summed E-state index contributed by atoms with van der Waals surface area (Å²) in [4.78, 5) is 6.77. The van der Waals surface area contributed by atoms with Gasteiger partial charge >= 0.3 is 0 Å². The first-order valence-corrected chi connectivity index (χ1v) is 5.72. The molecule has 0 fully saturated rings. The van der Waals surface area contributed by atoms with Crippen molar-refractivity contribution in [3.05, 3.63) is 18.2 Å². The van der Waals surface area contributed by atoms with E-state index in [1.54, 1.807) is 7.11 Å². The number of ether oxygens (including phenoxy) is 1. The Bertz CT molecular complexity index is 326. The van der Waals surface area contributed by atoms with Crippen molar-refractivity contribution < 1.29 is 4.74 Å². The van der Waals surface area contributed by atoms with E-state index in [9.17, 15) is 0 Å². The summed E-state index contributed by atoms with van der Waals surface area (Å²) in [5.74, 6) is 1.17. The molecule has 1 aromatic rings. The topological polar surface area (TPSA) is 42.3 Å². The Labute approximate surface area is 96.4 Å². The van der Waals surface area contributed by atoms with Crippen molar-refractivity contribution in [1.82, 2.24) is 19.8 Å². The van der Waals surface area contributed by atoms with Crippen LogP contribution >= 0.6 is 0 Å². The van der Waals surface area contributed by atoms with Crippen molar-refractivity contribution in [2.45, 2.75) is 19.1 Å². The first-order valence-electron chi connectivity index (χ1n) is 5.72. The zero-order chi connectivity index (χ0) is 11.4. The van der Waals surface area contributed by atoms with Crippen LogP contribution in [0, 0.1) is 0 Å². The third-order valence-corrected chi connectivity index (χ3v) is 3.08. The van der Waals surface area contributed by atoms with Gasteiger partial charge in [0.1, 0.15) is 5.82 Å². The van der Waals surface area contributed by atoms with Crippen molar-refractivity contribution in [1.29, 1.82) is 0 Å². The molecular formula is C11H20N4O. The molecule has 1 aliphatic heterocycles. The van der Waals surface area contributed by atoms with Gasteiger partial charge in [-0.3, -0.25) is 4.90 Å². The predicted octanol–water partition coefficient (Wildman–Crippen LogP) is -0.0669. The van der Waals surface area contributed by atoms with E-state index in [-0.39, 0.29) is 0 Å². The van der Waals surface area contributed by atoms with Crippen molar-refractivity contribution in [2.75, 3.05) is 33.9 Å². The molecular weight excluding hydrogens is 204 g/mol. The predicted molar refractivity (Wildman–Crippen MR) is 62.2 cm³/mol. The first kappa shape index (κ1) is 11.6. The van der Waals surface area contributed by atoms with Gasteiger partial charge in [-0.1, -0.05) is 0 Å². The van der Waals surface area contributed by atoms with E-state index in [0.29, 0.717) is 6.04 Å². The van der Waals surface area contributed by atoms with Gasteiger partial charge in [0.25, 0.3) is 0 Å². The van der Waals surface area contributed by atoms with E-state index in [1.165, 1.54) is 5.82 Å². The second-order valence-corrected chi connectivity index (χ2v) is 4.21. The molecule has 0 saturated heterocycles. The largest absolute Gasteiger partial charge is 0.383 e. The zero-order valence-electron chi connectivity index (χ0n) is 10.0. The summed E-state index contributed by atoms with van der Waals surface area (Å²) in [6.45, 7) is 4.83. The van der Waals surface area contributed by atoms with Gasteiger partial charge in [-0.25, -0.2) is 4.98 Å². The Morgan fingerprint density at radius 1 is 1.56 bits per heavy atom. The van der Waals surface area contributed by atoms with E-state index >= 15 is 0 Å². The number of rotatable bonds is 5. The summed E-state index contributed by atoms with van der Waals surface area (Å²) in [5, 5.41) is 3.27. The maximum atomic E-state index is 5.18. The lowest BCUT2D eigenvalue weighted by Crippen LogP contribution is -2.45. The van der Waals surface area contributed by atoms with Gasteiger partial charge in [0, 0.05) is 45.2 Å². The van der Waals surface area contributed by atoms with Crippen LogP contribution in [0.1, 0.15) is 5.82 Å². The second kappa shape index (κ2) is 5.43. The van der Waals surface area contributed by atoms with E-state index in [1.807, 2.05) is 13.2 Å². The standard InChI is InChI=1S/C11H20N4O/c1-12-10(9-16-2)7-14-5-6-15-4-3-13-11(15)8-14/h3-4,10,12H,5-9H2,1-2H3. The lowest BCUT2D eigenvalue weighted by Gasteiger charge is -2.30. The number of hydrogen-bond acceptors (Lipinski definition) is 4. The van der Waals surface area contributed by atoms with Gasteiger partial charge in [-0.05, 0) is 7.05 Å². The highest BCUT2D eigenvalue weighted by Crippen LogP contribution is 2.10. The minimum absolute atomic E-state index is 0.395. The molecule has 0 radical (unpaired) electrons. The molecule has 16 heavy (non-hydrogen) atoms. The van der Waals surface area contributed by atoms with Crippen molar-refractivity contribution in [3.8, 4) is 0 Å². The Morgan fingerprint density at radius 2 is 2.44 bits per heavy atom. The molecule has 5 heteroatoms. The van der Waals surface area contributed by atoms with Crippen LogP contribution in [0.25, 0.3) is 0 Å². The van der Waals surface area contributed by atoms with Gasteiger partial charge in [0.05, 0.1) is 13.2 Å². The van der Waals surface area contributed by atoms with Crippen LogP contribution in [0.3, 0.4) is 0 Å². The molecule has 0 aliphatic carbocycles. The molecule has 2 rings (SSSR count). The minimum Gasteiger partial charge on any atom is -0.383 e. The molecule has 0 aromatic carbocycles. The van der Waals surface area contributed by atoms with Crippen LogP contribution in [-0.4, -0.2) is 54.3 Å². The number of likely N-dealkylation sites (N-methyl/N-ethyl adjacent to an activating group) is 1. The molecule has 1 aromatic heterocycles. The van der Waals surface area contributed by atoms with Crippen LogP contribution in [0.2, 0.25) is 0 Å². The van der Waals surface area contributed by atoms with Crippen molar-refractivity contribution in [2.24, 2.45) is 0 Å². The number of hydrogen-bond donors (Lipinski definition) is 1. The SMILES string of the molecule is CNC(COC)CN1CCn2ccnc2C1. The Balaban J connectivity index is 1.88. The molecule has 1 N–H and O–H groups in total. The Hall–Kier alpha value is -0.910. The first-order chi connectivity index (χ1) is 7.83. The Kier molecular flexibility index (Phi) is 3.93. The molecule has 2 heterocycles. The van der Waals surface area contributed by atoms with Crippen LogP contribution in [0.4, 0.5) is 0 Å². The van der Waals surface area contributed by atoms with Gasteiger partial charge in [-0.15, -0.1) is 0 Å². The Morgan fingerprint density at radius 3 is 3.19 bits per heavy atom. The van der Waals surface area contributed by atoms with Gasteiger partial charge in [-0.2, -0.15) is 0 Å². The fraction of sp³-hybridized carbons (Fsp3) is 0.727. The van der Waals surface area contributed by atoms with Gasteiger partial charge in [0.15, 0.2) is 0 Å².